The molecule has 1 amide bonds. The van der Waals surface area contributed by atoms with Crippen LogP contribution in [0.15, 0.2) is 16.7 Å². The molecule has 0 aliphatic carbocycles. The highest BCUT2D eigenvalue weighted by molar-refractivity contribution is 5.97. The summed E-state index contributed by atoms with van der Waals surface area (Å²) in [6.07, 6.45) is 1.42. The Labute approximate surface area is 97.8 Å². The van der Waals surface area contributed by atoms with Gasteiger partial charge in [0.1, 0.15) is 5.76 Å². The van der Waals surface area contributed by atoms with Crippen LogP contribution in [0.1, 0.15) is 16.1 Å². The lowest BCUT2D eigenvalue weighted by Crippen LogP contribution is -2.52. The van der Waals surface area contributed by atoms with Crippen LogP contribution < -0.4 is 0 Å². The molecule has 0 radical (unpaired) electrons. The zero-order valence-electron chi connectivity index (χ0n) is 9.38. The molecule has 0 aromatic carbocycles. The first kappa shape index (κ1) is 11.7. The van der Waals surface area contributed by atoms with Crippen LogP contribution >= 0.6 is 0 Å². The number of ether oxygens (including phenoxy) is 1. The van der Waals surface area contributed by atoms with E-state index in [0.717, 1.165) is 0 Å². The fourth-order valence-corrected chi connectivity index (χ4v) is 1.81. The Morgan fingerprint density at radius 2 is 2.29 bits per heavy atom. The molecule has 1 aromatic heterocycles. The molecular formula is C11H13NO5. The van der Waals surface area contributed by atoms with Gasteiger partial charge in [-0.1, -0.05) is 0 Å². The molecule has 1 N–H and O–H groups in total. The number of furan rings is 1. The Morgan fingerprint density at radius 1 is 1.53 bits per heavy atom. The maximum Gasteiger partial charge on any atom is 0.328 e. The first-order chi connectivity index (χ1) is 8.11. The van der Waals surface area contributed by atoms with Gasteiger partial charge in [-0.15, -0.1) is 0 Å². The van der Waals surface area contributed by atoms with Crippen molar-refractivity contribution in [2.75, 3.05) is 19.8 Å². The summed E-state index contributed by atoms with van der Waals surface area (Å²) in [5.41, 5.74) is 0.401. The lowest BCUT2D eigenvalue weighted by Gasteiger charge is -2.32. The van der Waals surface area contributed by atoms with Crippen LogP contribution in [0.2, 0.25) is 0 Å². The average molecular weight is 239 g/mol. The predicted molar refractivity (Wildman–Crippen MR) is 56.7 cm³/mol. The zero-order valence-corrected chi connectivity index (χ0v) is 9.38. The molecular weight excluding hydrogens is 226 g/mol. The van der Waals surface area contributed by atoms with E-state index in [2.05, 4.69) is 0 Å². The summed E-state index contributed by atoms with van der Waals surface area (Å²) in [6.45, 7) is 2.33. The minimum atomic E-state index is -1.06. The summed E-state index contributed by atoms with van der Waals surface area (Å²) in [6, 6.07) is 0.622. The molecule has 6 nitrogen and oxygen atoms in total. The third kappa shape index (κ3) is 2.16. The van der Waals surface area contributed by atoms with Crippen LogP contribution in [0.25, 0.3) is 0 Å². The molecule has 1 saturated heterocycles. The molecule has 17 heavy (non-hydrogen) atoms. The number of carbonyl (C=O) groups is 2. The number of hydrogen-bond acceptors (Lipinski definition) is 4. The lowest BCUT2D eigenvalue weighted by atomic mass is 10.1. The minimum absolute atomic E-state index is 0.0258. The van der Waals surface area contributed by atoms with E-state index in [-0.39, 0.29) is 19.1 Å². The molecule has 1 aliphatic rings. The van der Waals surface area contributed by atoms with Crippen molar-refractivity contribution in [3.8, 4) is 0 Å². The van der Waals surface area contributed by atoms with Gasteiger partial charge in [-0.25, -0.2) is 4.79 Å². The van der Waals surface area contributed by atoms with Crippen molar-refractivity contribution in [2.45, 2.75) is 13.0 Å². The number of aryl methyl sites for hydroxylation is 1. The van der Waals surface area contributed by atoms with Gasteiger partial charge >= 0.3 is 5.97 Å². The highest BCUT2D eigenvalue weighted by Gasteiger charge is 2.34. The van der Waals surface area contributed by atoms with Gasteiger partial charge in [-0.2, -0.15) is 0 Å². The quantitative estimate of drug-likeness (QED) is 0.813. The van der Waals surface area contributed by atoms with E-state index in [0.29, 0.717) is 17.9 Å². The van der Waals surface area contributed by atoms with E-state index in [1.54, 1.807) is 13.0 Å². The molecule has 1 aliphatic heterocycles. The SMILES string of the molecule is Cc1occc1C(=O)N1CCOCC1C(=O)O. The minimum Gasteiger partial charge on any atom is -0.480 e. The fraction of sp³-hybridized carbons (Fsp3) is 0.455. The number of carboxylic acids is 1. The van der Waals surface area contributed by atoms with Crippen molar-refractivity contribution in [1.82, 2.24) is 4.90 Å². The Bertz CT molecular complexity index is 439. The van der Waals surface area contributed by atoms with Crippen LogP contribution in [0.3, 0.4) is 0 Å². The Kier molecular flexibility index (Phi) is 3.14. The second-order valence-corrected chi connectivity index (χ2v) is 3.82. The highest BCUT2D eigenvalue weighted by Crippen LogP contribution is 2.16. The number of aliphatic carboxylic acids is 1. The highest BCUT2D eigenvalue weighted by atomic mass is 16.5. The van der Waals surface area contributed by atoms with Gasteiger partial charge in [0.2, 0.25) is 0 Å². The molecule has 1 unspecified atom stereocenters. The molecule has 1 atom stereocenters. The van der Waals surface area contributed by atoms with E-state index in [1.165, 1.54) is 11.2 Å². The van der Waals surface area contributed by atoms with Crippen LogP contribution in [-0.4, -0.2) is 47.7 Å². The number of morpholine rings is 1. The molecule has 1 fully saturated rings. The number of hydrogen-bond donors (Lipinski definition) is 1. The van der Waals surface area contributed by atoms with Crippen molar-refractivity contribution in [3.05, 3.63) is 23.7 Å². The summed E-state index contributed by atoms with van der Waals surface area (Å²) < 4.78 is 10.1. The summed E-state index contributed by atoms with van der Waals surface area (Å²) in [5, 5.41) is 9.03. The second kappa shape index (κ2) is 4.58. The van der Waals surface area contributed by atoms with E-state index in [9.17, 15) is 9.59 Å². The van der Waals surface area contributed by atoms with Gasteiger partial charge in [-0.05, 0) is 13.0 Å². The molecule has 6 heteroatoms. The molecule has 92 valence electrons. The third-order valence-electron chi connectivity index (χ3n) is 2.76. The van der Waals surface area contributed by atoms with Gasteiger partial charge in [0.15, 0.2) is 6.04 Å². The van der Waals surface area contributed by atoms with Crippen LogP contribution in [-0.2, 0) is 9.53 Å². The first-order valence-corrected chi connectivity index (χ1v) is 5.27. The fourth-order valence-electron chi connectivity index (χ4n) is 1.81. The molecule has 1 aromatic rings. The predicted octanol–water partition coefficient (Wildman–Crippen LogP) is 0.514. The summed E-state index contributed by atoms with van der Waals surface area (Å²) in [5.74, 6) is -0.892. The summed E-state index contributed by atoms with van der Waals surface area (Å²) >= 11 is 0. The third-order valence-corrected chi connectivity index (χ3v) is 2.76. The molecule has 0 spiro atoms. The number of carbonyl (C=O) groups excluding carboxylic acids is 1. The van der Waals surface area contributed by atoms with Crippen molar-refractivity contribution in [2.24, 2.45) is 0 Å². The monoisotopic (exact) mass is 239 g/mol. The first-order valence-electron chi connectivity index (χ1n) is 5.27. The van der Waals surface area contributed by atoms with Gasteiger partial charge in [0.05, 0.1) is 25.0 Å². The van der Waals surface area contributed by atoms with Gasteiger partial charge in [0, 0.05) is 6.54 Å². The van der Waals surface area contributed by atoms with Crippen molar-refractivity contribution in [1.29, 1.82) is 0 Å². The van der Waals surface area contributed by atoms with E-state index < -0.39 is 12.0 Å². The Morgan fingerprint density at radius 3 is 2.88 bits per heavy atom. The van der Waals surface area contributed by atoms with Gasteiger partial charge < -0.3 is 19.2 Å². The van der Waals surface area contributed by atoms with Crippen LogP contribution in [0.5, 0.6) is 0 Å². The van der Waals surface area contributed by atoms with Gasteiger partial charge in [0.25, 0.3) is 5.91 Å². The standard InChI is InChI=1S/C11H13NO5/c1-7-8(2-4-17-7)10(13)12-3-5-16-6-9(12)11(14)15/h2,4,9H,3,5-6H2,1H3,(H,14,15). The number of nitrogens with zero attached hydrogens (tertiary/aromatic N) is 1. The average Bonchev–Trinajstić information content (AvgIpc) is 2.74. The molecule has 0 bridgehead atoms. The van der Waals surface area contributed by atoms with Crippen molar-refractivity contribution >= 4 is 11.9 Å². The van der Waals surface area contributed by atoms with Gasteiger partial charge in [-0.3, -0.25) is 4.79 Å². The maximum atomic E-state index is 12.1. The van der Waals surface area contributed by atoms with E-state index >= 15 is 0 Å². The molecule has 2 rings (SSSR count). The molecule has 0 saturated carbocycles. The van der Waals surface area contributed by atoms with Crippen molar-refractivity contribution < 1.29 is 23.8 Å². The summed E-state index contributed by atoms with van der Waals surface area (Å²) in [7, 11) is 0. The van der Waals surface area contributed by atoms with E-state index in [4.69, 9.17) is 14.3 Å². The lowest BCUT2D eigenvalue weighted by molar-refractivity contribution is -0.147. The smallest absolute Gasteiger partial charge is 0.328 e. The number of amides is 1. The molecule has 2 heterocycles. The zero-order chi connectivity index (χ0) is 12.4. The topological polar surface area (TPSA) is 80.0 Å². The largest absolute Gasteiger partial charge is 0.480 e. The van der Waals surface area contributed by atoms with E-state index in [1.807, 2.05) is 0 Å². The van der Waals surface area contributed by atoms with Crippen LogP contribution in [0, 0.1) is 6.92 Å². The second-order valence-electron chi connectivity index (χ2n) is 3.82. The van der Waals surface area contributed by atoms with Crippen LogP contribution in [0.4, 0.5) is 0 Å². The maximum absolute atomic E-state index is 12.1. The number of rotatable bonds is 2. The van der Waals surface area contributed by atoms with Crippen molar-refractivity contribution in [3.63, 3.8) is 0 Å². The normalized spacial score (nSPS) is 20.3. The Hall–Kier alpha value is -1.82. The number of carboxylic acid groups (broad SMARTS) is 1. The summed E-state index contributed by atoms with van der Waals surface area (Å²) in [4.78, 5) is 24.5. The Balaban J connectivity index is 2.23.